The zero-order valence-electron chi connectivity index (χ0n) is 18.9. The number of nitrogens with one attached hydrogen (secondary N) is 1. The fourth-order valence-electron chi connectivity index (χ4n) is 6.15. The van der Waals surface area contributed by atoms with Crippen molar-refractivity contribution in [1.82, 2.24) is 10.2 Å². The van der Waals surface area contributed by atoms with Crippen LogP contribution in [0, 0.1) is 17.7 Å². The smallest absolute Gasteiger partial charge is 0.319 e. The van der Waals surface area contributed by atoms with Gasteiger partial charge in [0.15, 0.2) is 0 Å². The van der Waals surface area contributed by atoms with E-state index in [1.807, 2.05) is 24.3 Å². The molecule has 2 aromatic carbocycles. The number of aryl methyl sites for hydroxylation is 1. The van der Waals surface area contributed by atoms with E-state index < -0.39 is 5.54 Å². The molecule has 6 heteroatoms. The van der Waals surface area contributed by atoms with Gasteiger partial charge in [-0.25, -0.2) is 9.18 Å². The molecule has 2 atom stereocenters. The van der Waals surface area contributed by atoms with E-state index in [1.165, 1.54) is 10.5 Å². The van der Waals surface area contributed by atoms with Crippen molar-refractivity contribution in [3.8, 4) is 0 Å². The van der Waals surface area contributed by atoms with E-state index in [1.54, 1.807) is 18.2 Å². The van der Waals surface area contributed by atoms with Gasteiger partial charge in [0.1, 0.15) is 11.4 Å². The predicted octanol–water partition coefficient (Wildman–Crippen LogP) is 6.17. The number of benzene rings is 2. The Labute approximate surface area is 199 Å². The van der Waals surface area contributed by atoms with E-state index in [9.17, 15) is 14.0 Å². The van der Waals surface area contributed by atoms with Crippen molar-refractivity contribution < 1.29 is 14.0 Å². The van der Waals surface area contributed by atoms with Crippen LogP contribution in [0.4, 0.5) is 9.18 Å². The maximum atomic E-state index is 13.4. The zero-order valence-corrected chi connectivity index (χ0v) is 19.7. The fourth-order valence-corrected chi connectivity index (χ4v) is 6.34. The third-order valence-electron chi connectivity index (χ3n) is 8.20. The number of urea groups is 1. The average molecular weight is 469 g/mol. The second kappa shape index (κ2) is 8.75. The van der Waals surface area contributed by atoms with Crippen molar-refractivity contribution in [2.75, 3.05) is 6.54 Å². The van der Waals surface area contributed by atoms with E-state index in [0.717, 1.165) is 49.7 Å². The standard InChI is InChI=1S/C27H30ClFN2O2/c1-17(18-2-4-19(5-3-18)20-6-9-23(29)10-7-20)13-15-31-25(32)27(30-26(31)33)14-12-21-16-22(28)8-11-24(21)27/h6-11,16-19H,2-5,12-15H2,1H3,(H,30,33). The molecule has 2 unspecified atom stereocenters. The fraction of sp³-hybridized carbons (Fsp3) is 0.481. The minimum absolute atomic E-state index is 0.124. The van der Waals surface area contributed by atoms with Crippen molar-refractivity contribution in [2.24, 2.45) is 11.8 Å². The predicted molar refractivity (Wildman–Crippen MR) is 127 cm³/mol. The summed E-state index contributed by atoms with van der Waals surface area (Å²) in [6, 6.07) is 12.2. The highest BCUT2D eigenvalue weighted by atomic mass is 35.5. The first-order valence-electron chi connectivity index (χ1n) is 12.1. The number of rotatable bonds is 5. The number of amides is 3. The van der Waals surface area contributed by atoms with Crippen LogP contribution in [0.5, 0.6) is 0 Å². The molecular weight excluding hydrogens is 439 g/mol. The zero-order chi connectivity index (χ0) is 23.2. The Kier molecular flexibility index (Phi) is 5.94. The van der Waals surface area contributed by atoms with Gasteiger partial charge in [-0.05, 0) is 104 Å². The van der Waals surface area contributed by atoms with Crippen molar-refractivity contribution in [1.29, 1.82) is 0 Å². The van der Waals surface area contributed by atoms with Gasteiger partial charge in [0.25, 0.3) is 5.91 Å². The monoisotopic (exact) mass is 468 g/mol. The van der Waals surface area contributed by atoms with Gasteiger partial charge in [0.05, 0.1) is 0 Å². The van der Waals surface area contributed by atoms with Crippen LogP contribution in [0.2, 0.25) is 5.02 Å². The number of nitrogens with zero attached hydrogens (tertiary/aromatic N) is 1. The van der Waals surface area contributed by atoms with Crippen LogP contribution in [0.3, 0.4) is 0 Å². The lowest BCUT2D eigenvalue weighted by Crippen LogP contribution is -2.42. The molecule has 2 fully saturated rings. The SMILES string of the molecule is CC(CCN1C(=O)NC2(CCc3cc(Cl)ccc32)C1=O)C1CCC(c2ccc(F)cc2)CC1. The number of carbonyl (C=O) groups is 2. The molecule has 1 N–H and O–H groups in total. The van der Waals surface area contributed by atoms with Gasteiger partial charge in [0, 0.05) is 11.6 Å². The number of hydrogen-bond donors (Lipinski definition) is 1. The van der Waals surface area contributed by atoms with Crippen LogP contribution in [0.1, 0.15) is 68.1 Å². The van der Waals surface area contributed by atoms with Crippen molar-refractivity contribution in [3.05, 3.63) is 70.0 Å². The topological polar surface area (TPSA) is 49.4 Å². The number of carbonyl (C=O) groups excluding carboxylic acids is 2. The van der Waals surface area contributed by atoms with Gasteiger partial charge >= 0.3 is 6.03 Å². The number of hydrogen-bond acceptors (Lipinski definition) is 2. The van der Waals surface area contributed by atoms with Crippen LogP contribution in [-0.2, 0) is 16.8 Å². The Morgan fingerprint density at radius 2 is 1.85 bits per heavy atom. The summed E-state index contributed by atoms with van der Waals surface area (Å²) in [7, 11) is 0. The number of halogens is 2. The highest BCUT2D eigenvalue weighted by Gasteiger charge is 2.55. The molecule has 0 radical (unpaired) electrons. The maximum Gasteiger partial charge on any atom is 0.325 e. The third-order valence-corrected chi connectivity index (χ3v) is 8.43. The molecule has 3 amide bonds. The van der Waals surface area contributed by atoms with E-state index in [0.29, 0.717) is 35.7 Å². The Balaban J connectivity index is 1.18. The Bertz CT molecular complexity index is 1060. The first kappa shape index (κ1) is 22.4. The van der Waals surface area contributed by atoms with E-state index in [4.69, 9.17) is 11.6 Å². The summed E-state index contributed by atoms with van der Waals surface area (Å²) < 4.78 is 13.2. The first-order chi connectivity index (χ1) is 15.9. The van der Waals surface area contributed by atoms with E-state index in [2.05, 4.69) is 12.2 Å². The highest BCUT2D eigenvalue weighted by Crippen LogP contribution is 2.43. The minimum atomic E-state index is -0.923. The summed E-state index contributed by atoms with van der Waals surface area (Å²) in [6.45, 7) is 2.69. The van der Waals surface area contributed by atoms with Crippen molar-refractivity contribution in [2.45, 2.75) is 63.3 Å². The lowest BCUT2D eigenvalue weighted by atomic mass is 9.73. The van der Waals surface area contributed by atoms with Crippen LogP contribution in [0.15, 0.2) is 42.5 Å². The maximum absolute atomic E-state index is 13.4. The Morgan fingerprint density at radius 1 is 1.12 bits per heavy atom. The van der Waals surface area contributed by atoms with Gasteiger partial charge in [-0.3, -0.25) is 9.69 Å². The molecule has 2 aliphatic carbocycles. The van der Waals surface area contributed by atoms with Crippen molar-refractivity contribution >= 4 is 23.5 Å². The number of imide groups is 1. The van der Waals surface area contributed by atoms with Crippen LogP contribution >= 0.6 is 11.6 Å². The molecule has 1 saturated heterocycles. The average Bonchev–Trinajstić information content (AvgIpc) is 3.29. The molecule has 1 heterocycles. The first-order valence-corrected chi connectivity index (χ1v) is 12.4. The molecule has 0 bridgehead atoms. The molecular formula is C27H30ClFN2O2. The van der Waals surface area contributed by atoms with Gasteiger partial charge in [-0.2, -0.15) is 0 Å². The molecule has 1 aliphatic heterocycles. The summed E-state index contributed by atoms with van der Waals surface area (Å²) in [6.07, 6.45) is 6.60. The molecule has 3 aliphatic rings. The van der Waals surface area contributed by atoms with Crippen LogP contribution < -0.4 is 5.32 Å². The van der Waals surface area contributed by atoms with Crippen molar-refractivity contribution in [3.63, 3.8) is 0 Å². The van der Waals surface area contributed by atoms with Gasteiger partial charge in [-0.1, -0.05) is 36.7 Å². The van der Waals surface area contributed by atoms with Gasteiger partial charge in [-0.15, -0.1) is 0 Å². The molecule has 33 heavy (non-hydrogen) atoms. The molecule has 1 saturated carbocycles. The Morgan fingerprint density at radius 3 is 2.58 bits per heavy atom. The third kappa shape index (κ3) is 4.05. The molecule has 2 aromatic rings. The number of fused-ring (bicyclic) bond motifs is 2. The van der Waals surface area contributed by atoms with Gasteiger partial charge in [0.2, 0.25) is 0 Å². The summed E-state index contributed by atoms with van der Waals surface area (Å²) in [5, 5.41) is 3.66. The van der Waals surface area contributed by atoms with Crippen LogP contribution in [-0.4, -0.2) is 23.4 Å². The summed E-state index contributed by atoms with van der Waals surface area (Å²) >= 11 is 6.12. The lowest BCUT2D eigenvalue weighted by Gasteiger charge is -2.33. The molecule has 174 valence electrons. The molecule has 5 rings (SSSR count). The summed E-state index contributed by atoms with van der Waals surface area (Å²) in [4.78, 5) is 27.6. The largest absolute Gasteiger partial charge is 0.325 e. The lowest BCUT2D eigenvalue weighted by molar-refractivity contribution is -0.131. The normalized spacial score (nSPS) is 27.7. The second-order valence-electron chi connectivity index (χ2n) is 10.0. The van der Waals surface area contributed by atoms with E-state index >= 15 is 0 Å². The van der Waals surface area contributed by atoms with E-state index in [-0.39, 0.29) is 17.8 Å². The Hall–Kier alpha value is -2.40. The summed E-state index contributed by atoms with van der Waals surface area (Å²) in [5.74, 6) is 1.21. The molecule has 4 nitrogen and oxygen atoms in total. The molecule has 0 aromatic heterocycles. The highest BCUT2D eigenvalue weighted by molar-refractivity contribution is 6.30. The summed E-state index contributed by atoms with van der Waals surface area (Å²) in [5.41, 5.74) is 2.24. The second-order valence-corrected chi connectivity index (χ2v) is 10.5. The molecule has 1 spiro atoms. The van der Waals surface area contributed by atoms with Crippen LogP contribution in [0.25, 0.3) is 0 Å². The quantitative estimate of drug-likeness (QED) is 0.533. The van der Waals surface area contributed by atoms with Gasteiger partial charge < -0.3 is 5.32 Å². The minimum Gasteiger partial charge on any atom is -0.319 e.